The number of amides is 1. The normalized spacial score (nSPS) is 22.0. The van der Waals surface area contributed by atoms with E-state index in [4.69, 9.17) is 5.73 Å². The van der Waals surface area contributed by atoms with Gasteiger partial charge in [-0.3, -0.25) is 4.79 Å². The fourth-order valence-corrected chi connectivity index (χ4v) is 3.12. The maximum Gasteiger partial charge on any atom is 0.237 e. The Morgan fingerprint density at radius 1 is 1.19 bits per heavy atom. The number of nitrogens with one attached hydrogen (secondary N) is 1. The molecule has 1 amide bonds. The summed E-state index contributed by atoms with van der Waals surface area (Å²) < 4.78 is 0. The highest BCUT2D eigenvalue weighted by atomic mass is 16.2. The second-order valence-electron chi connectivity index (χ2n) is 6.35. The van der Waals surface area contributed by atoms with Crippen molar-refractivity contribution in [2.45, 2.75) is 50.2 Å². The summed E-state index contributed by atoms with van der Waals surface area (Å²) in [7, 11) is 0. The topological polar surface area (TPSA) is 58.4 Å². The van der Waals surface area contributed by atoms with Gasteiger partial charge in [0, 0.05) is 25.2 Å². The third-order valence-electron chi connectivity index (χ3n) is 4.57. The number of carbonyl (C=O) groups excluding carboxylic acids is 1. The molecule has 1 atom stereocenters. The first-order valence-electron chi connectivity index (χ1n) is 8.06. The highest BCUT2D eigenvalue weighted by Crippen LogP contribution is 2.29. The zero-order valence-corrected chi connectivity index (χ0v) is 12.5. The van der Waals surface area contributed by atoms with Gasteiger partial charge in [0.05, 0.1) is 6.04 Å². The Kier molecular flexibility index (Phi) is 4.56. The van der Waals surface area contributed by atoms with Gasteiger partial charge in [-0.1, -0.05) is 30.3 Å². The van der Waals surface area contributed by atoms with Gasteiger partial charge in [-0.05, 0) is 37.7 Å². The van der Waals surface area contributed by atoms with E-state index in [0.717, 1.165) is 37.5 Å². The SMILES string of the molecule is NC(Cc1ccccc1)C(=O)NC1CCN(C2CC2)CC1. The lowest BCUT2D eigenvalue weighted by molar-refractivity contribution is -0.123. The molecule has 3 N–H and O–H groups in total. The van der Waals surface area contributed by atoms with Gasteiger partial charge >= 0.3 is 0 Å². The second kappa shape index (κ2) is 6.58. The number of hydrogen-bond acceptors (Lipinski definition) is 3. The molecule has 4 nitrogen and oxygen atoms in total. The lowest BCUT2D eigenvalue weighted by atomic mass is 10.0. The molecule has 1 aliphatic carbocycles. The molecule has 1 saturated carbocycles. The summed E-state index contributed by atoms with van der Waals surface area (Å²) in [5.41, 5.74) is 7.14. The summed E-state index contributed by atoms with van der Waals surface area (Å²) in [6.45, 7) is 2.23. The minimum absolute atomic E-state index is 0.0104. The summed E-state index contributed by atoms with van der Waals surface area (Å²) in [5, 5.41) is 3.13. The molecule has 21 heavy (non-hydrogen) atoms. The van der Waals surface area contributed by atoms with E-state index in [0.29, 0.717) is 12.5 Å². The molecule has 1 heterocycles. The Balaban J connectivity index is 1.43. The predicted molar refractivity (Wildman–Crippen MR) is 83.9 cm³/mol. The number of benzene rings is 1. The van der Waals surface area contributed by atoms with Crippen LogP contribution in [-0.4, -0.2) is 42.0 Å². The Labute approximate surface area is 126 Å². The molecule has 2 aliphatic rings. The highest BCUT2D eigenvalue weighted by molar-refractivity contribution is 5.82. The highest BCUT2D eigenvalue weighted by Gasteiger charge is 2.32. The Morgan fingerprint density at radius 3 is 2.48 bits per heavy atom. The minimum atomic E-state index is -0.450. The molecule has 1 unspecified atom stereocenters. The molecular weight excluding hydrogens is 262 g/mol. The predicted octanol–water partition coefficient (Wildman–Crippen LogP) is 1.30. The smallest absolute Gasteiger partial charge is 0.237 e. The molecule has 0 radical (unpaired) electrons. The van der Waals surface area contributed by atoms with Crippen LogP contribution in [0.5, 0.6) is 0 Å². The van der Waals surface area contributed by atoms with E-state index in [1.54, 1.807) is 0 Å². The van der Waals surface area contributed by atoms with Crippen molar-refractivity contribution < 1.29 is 4.79 Å². The molecule has 1 saturated heterocycles. The fraction of sp³-hybridized carbons (Fsp3) is 0.588. The van der Waals surface area contributed by atoms with Gasteiger partial charge in [0.25, 0.3) is 0 Å². The lowest BCUT2D eigenvalue weighted by Gasteiger charge is -2.32. The van der Waals surface area contributed by atoms with Gasteiger partial charge in [-0.25, -0.2) is 0 Å². The van der Waals surface area contributed by atoms with Gasteiger partial charge in [0.15, 0.2) is 0 Å². The van der Waals surface area contributed by atoms with E-state index in [1.807, 2.05) is 30.3 Å². The van der Waals surface area contributed by atoms with Gasteiger partial charge in [0.2, 0.25) is 5.91 Å². The number of nitrogens with zero attached hydrogens (tertiary/aromatic N) is 1. The molecule has 0 bridgehead atoms. The molecule has 1 aromatic carbocycles. The Hall–Kier alpha value is -1.39. The van der Waals surface area contributed by atoms with E-state index < -0.39 is 6.04 Å². The average Bonchev–Trinajstić information content (AvgIpc) is 3.34. The first-order chi connectivity index (χ1) is 10.2. The zero-order valence-electron chi connectivity index (χ0n) is 12.5. The number of piperidine rings is 1. The molecule has 114 valence electrons. The van der Waals surface area contributed by atoms with Crippen LogP contribution in [-0.2, 0) is 11.2 Å². The summed E-state index contributed by atoms with van der Waals surface area (Å²) >= 11 is 0. The summed E-state index contributed by atoms with van der Waals surface area (Å²) in [6.07, 6.45) is 5.44. The summed E-state index contributed by atoms with van der Waals surface area (Å²) in [4.78, 5) is 14.8. The monoisotopic (exact) mass is 287 g/mol. The minimum Gasteiger partial charge on any atom is -0.352 e. The molecule has 4 heteroatoms. The standard InChI is InChI=1S/C17H25N3O/c18-16(12-13-4-2-1-3-5-13)17(21)19-14-8-10-20(11-9-14)15-6-7-15/h1-5,14-16H,6-12,18H2,(H,19,21). The maximum absolute atomic E-state index is 12.2. The van der Waals surface area contributed by atoms with Crippen molar-refractivity contribution in [1.29, 1.82) is 0 Å². The molecule has 0 aromatic heterocycles. The van der Waals surface area contributed by atoms with Crippen LogP contribution in [0.1, 0.15) is 31.2 Å². The van der Waals surface area contributed by atoms with Gasteiger partial charge < -0.3 is 16.0 Å². The van der Waals surface area contributed by atoms with Crippen LogP contribution < -0.4 is 11.1 Å². The van der Waals surface area contributed by atoms with E-state index in [2.05, 4.69) is 10.2 Å². The van der Waals surface area contributed by atoms with Crippen molar-refractivity contribution >= 4 is 5.91 Å². The maximum atomic E-state index is 12.2. The largest absolute Gasteiger partial charge is 0.352 e. The first-order valence-corrected chi connectivity index (χ1v) is 8.06. The quantitative estimate of drug-likeness (QED) is 0.858. The van der Waals surface area contributed by atoms with Gasteiger partial charge in [-0.15, -0.1) is 0 Å². The van der Waals surface area contributed by atoms with Crippen LogP contribution in [0.4, 0.5) is 0 Å². The third-order valence-corrected chi connectivity index (χ3v) is 4.57. The van der Waals surface area contributed by atoms with E-state index in [9.17, 15) is 4.79 Å². The lowest BCUT2D eigenvalue weighted by Crippen LogP contribution is -2.50. The van der Waals surface area contributed by atoms with E-state index in [-0.39, 0.29) is 5.91 Å². The Morgan fingerprint density at radius 2 is 1.86 bits per heavy atom. The number of nitrogens with two attached hydrogens (primary N) is 1. The van der Waals surface area contributed by atoms with E-state index in [1.165, 1.54) is 12.8 Å². The number of rotatable bonds is 5. The average molecular weight is 287 g/mol. The Bertz CT molecular complexity index is 464. The third kappa shape index (κ3) is 4.05. The van der Waals surface area contributed by atoms with Gasteiger partial charge in [0.1, 0.15) is 0 Å². The van der Waals surface area contributed by atoms with Crippen molar-refractivity contribution in [1.82, 2.24) is 10.2 Å². The van der Waals surface area contributed by atoms with Crippen molar-refractivity contribution in [2.75, 3.05) is 13.1 Å². The van der Waals surface area contributed by atoms with Crippen molar-refractivity contribution in [2.24, 2.45) is 5.73 Å². The molecule has 1 aromatic rings. The van der Waals surface area contributed by atoms with Crippen molar-refractivity contribution in [3.8, 4) is 0 Å². The summed E-state index contributed by atoms with van der Waals surface area (Å²) in [5.74, 6) is -0.0104. The van der Waals surface area contributed by atoms with Crippen LogP contribution in [0.15, 0.2) is 30.3 Å². The zero-order chi connectivity index (χ0) is 14.7. The van der Waals surface area contributed by atoms with Crippen LogP contribution in [0.3, 0.4) is 0 Å². The molecule has 0 spiro atoms. The van der Waals surface area contributed by atoms with Crippen molar-refractivity contribution in [3.05, 3.63) is 35.9 Å². The fourth-order valence-electron chi connectivity index (χ4n) is 3.12. The number of carbonyl (C=O) groups is 1. The van der Waals surface area contributed by atoms with Crippen molar-refractivity contribution in [3.63, 3.8) is 0 Å². The molecule has 3 rings (SSSR count). The number of hydrogen-bond donors (Lipinski definition) is 2. The van der Waals surface area contributed by atoms with E-state index >= 15 is 0 Å². The van der Waals surface area contributed by atoms with Crippen LogP contribution in [0, 0.1) is 0 Å². The molecule has 2 fully saturated rings. The second-order valence-corrected chi connectivity index (χ2v) is 6.35. The molecule has 1 aliphatic heterocycles. The van der Waals surface area contributed by atoms with Crippen LogP contribution in [0.25, 0.3) is 0 Å². The van der Waals surface area contributed by atoms with Gasteiger partial charge in [-0.2, -0.15) is 0 Å². The van der Waals surface area contributed by atoms with Crippen LogP contribution in [0.2, 0.25) is 0 Å². The summed E-state index contributed by atoms with van der Waals surface area (Å²) in [6, 6.07) is 10.7. The number of likely N-dealkylation sites (tertiary alicyclic amines) is 1. The molecular formula is C17H25N3O. The first kappa shape index (κ1) is 14.5. The van der Waals surface area contributed by atoms with Crippen LogP contribution >= 0.6 is 0 Å².